The lowest BCUT2D eigenvalue weighted by Gasteiger charge is -2.43. The van der Waals surface area contributed by atoms with Crippen LogP contribution in [0.5, 0.6) is 5.75 Å². The quantitative estimate of drug-likeness (QED) is 0.922. The minimum atomic E-state index is 0.496. The van der Waals surface area contributed by atoms with Gasteiger partial charge in [0.1, 0.15) is 5.75 Å². The summed E-state index contributed by atoms with van der Waals surface area (Å²) in [5.74, 6) is 1.33. The number of hydrogen-bond acceptors (Lipinski definition) is 3. The molecular weight excluding hydrogens is 260 g/mol. The monoisotopic (exact) mass is 282 g/mol. The Morgan fingerprint density at radius 2 is 2.16 bits per heavy atom. The van der Waals surface area contributed by atoms with E-state index < -0.39 is 0 Å². The Kier molecular flexibility index (Phi) is 4.58. The van der Waals surface area contributed by atoms with Crippen LogP contribution in [-0.2, 0) is 0 Å². The third-order valence-corrected chi connectivity index (χ3v) is 4.08. The van der Waals surface area contributed by atoms with Crippen LogP contribution in [0.3, 0.4) is 0 Å². The van der Waals surface area contributed by atoms with Crippen LogP contribution in [0.25, 0.3) is 0 Å². The number of methoxy groups -OCH3 is 1. The van der Waals surface area contributed by atoms with Crippen molar-refractivity contribution in [2.75, 3.05) is 25.1 Å². The van der Waals surface area contributed by atoms with Gasteiger partial charge in [-0.1, -0.05) is 25.4 Å². The standard InChI is InChI=1S/C15H23ClN2O/c1-10(2)14-8-17-11(3)9-18(14)12-5-6-15(19-4)13(16)7-12/h5-7,10-11,14,17H,8-9H2,1-4H3. The molecule has 1 N–H and O–H groups in total. The Balaban J connectivity index is 2.28. The van der Waals surface area contributed by atoms with Gasteiger partial charge in [0.2, 0.25) is 0 Å². The second-order valence-corrected chi connectivity index (χ2v) is 6.00. The lowest BCUT2D eigenvalue weighted by atomic mass is 9.98. The Labute approximate surface area is 120 Å². The van der Waals surface area contributed by atoms with Gasteiger partial charge in [0.25, 0.3) is 0 Å². The topological polar surface area (TPSA) is 24.5 Å². The Bertz CT molecular complexity index is 436. The molecule has 1 heterocycles. The molecule has 0 saturated carbocycles. The molecule has 3 nitrogen and oxygen atoms in total. The maximum Gasteiger partial charge on any atom is 0.137 e. The zero-order valence-corrected chi connectivity index (χ0v) is 12.9. The van der Waals surface area contributed by atoms with E-state index in [-0.39, 0.29) is 0 Å². The smallest absolute Gasteiger partial charge is 0.137 e. The lowest BCUT2D eigenvalue weighted by Crippen LogP contribution is -2.57. The SMILES string of the molecule is COc1ccc(N2CC(C)NCC2C(C)C)cc1Cl. The van der Waals surface area contributed by atoms with Gasteiger partial charge in [0.05, 0.1) is 12.1 Å². The molecule has 0 radical (unpaired) electrons. The molecule has 1 aromatic carbocycles. The first-order valence-electron chi connectivity index (χ1n) is 6.86. The second-order valence-electron chi connectivity index (χ2n) is 5.59. The molecule has 19 heavy (non-hydrogen) atoms. The summed E-state index contributed by atoms with van der Waals surface area (Å²) < 4.78 is 5.22. The number of rotatable bonds is 3. The molecule has 106 valence electrons. The summed E-state index contributed by atoms with van der Waals surface area (Å²) in [6, 6.07) is 7.05. The van der Waals surface area contributed by atoms with Gasteiger partial charge in [-0.2, -0.15) is 0 Å². The summed E-state index contributed by atoms with van der Waals surface area (Å²) in [6.45, 7) is 8.77. The molecule has 2 unspecified atom stereocenters. The Hall–Kier alpha value is -0.930. The van der Waals surface area contributed by atoms with Gasteiger partial charge in [0.15, 0.2) is 0 Å². The van der Waals surface area contributed by atoms with E-state index in [1.165, 1.54) is 5.69 Å². The minimum Gasteiger partial charge on any atom is -0.495 e. The highest BCUT2D eigenvalue weighted by atomic mass is 35.5. The van der Waals surface area contributed by atoms with Crippen LogP contribution in [0.4, 0.5) is 5.69 Å². The van der Waals surface area contributed by atoms with Crippen LogP contribution in [0.2, 0.25) is 5.02 Å². The van der Waals surface area contributed by atoms with Gasteiger partial charge in [-0.15, -0.1) is 0 Å². The predicted octanol–water partition coefficient (Wildman–Crippen LogP) is 3.17. The fourth-order valence-electron chi connectivity index (χ4n) is 2.65. The van der Waals surface area contributed by atoms with Crippen LogP contribution in [0, 0.1) is 5.92 Å². The molecule has 4 heteroatoms. The number of benzene rings is 1. The van der Waals surface area contributed by atoms with Crippen LogP contribution in [0.1, 0.15) is 20.8 Å². The van der Waals surface area contributed by atoms with Gasteiger partial charge < -0.3 is 15.0 Å². The van der Waals surface area contributed by atoms with E-state index >= 15 is 0 Å². The highest BCUT2D eigenvalue weighted by Crippen LogP contribution is 2.31. The first-order chi connectivity index (χ1) is 9.02. The molecule has 2 rings (SSSR count). The first-order valence-corrected chi connectivity index (χ1v) is 7.24. The first kappa shape index (κ1) is 14.5. The van der Waals surface area contributed by atoms with Crippen molar-refractivity contribution in [1.29, 1.82) is 0 Å². The molecule has 0 aromatic heterocycles. The lowest BCUT2D eigenvalue weighted by molar-refractivity contribution is 0.349. The summed E-state index contributed by atoms with van der Waals surface area (Å²) in [6.07, 6.45) is 0. The molecule has 1 aliphatic heterocycles. The van der Waals surface area contributed by atoms with Gasteiger partial charge >= 0.3 is 0 Å². The number of piperazine rings is 1. The molecule has 1 saturated heterocycles. The van der Waals surface area contributed by atoms with E-state index in [1.807, 2.05) is 12.1 Å². The van der Waals surface area contributed by atoms with Gasteiger partial charge in [0, 0.05) is 30.9 Å². The number of anilines is 1. The van der Waals surface area contributed by atoms with Gasteiger partial charge in [-0.25, -0.2) is 0 Å². The van der Waals surface area contributed by atoms with Crippen LogP contribution >= 0.6 is 11.6 Å². The number of nitrogens with zero attached hydrogens (tertiary/aromatic N) is 1. The molecule has 0 bridgehead atoms. The van der Waals surface area contributed by atoms with Crippen molar-refractivity contribution in [3.8, 4) is 5.75 Å². The van der Waals surface area contributed by atoms with Crippen molar-refractivity contribution in [2.45, 2.75) is 32.9 Å². The summed E-state index contributed by atoms with van der Waals surface area (Å²) in [7, 11) is 1.64. The van der Waals surface area contributed by atoms with E-state index in [0.29, 0.717) is 23.0 Å². The number of nitrogens with one attached hydrogen (secondary N) is 1. The van der Waals surface area contributed by atoms with E-state index in [4.69, 9.17) is 16.3 Å². The third-order valence-electron chi connectivity index (χ3n) is 3.78. The highest BCUT2D eigenvalue weighted by Gasteiger charge is 2.28. The Morgan fingerprint density at radius 3 is 2.74 bits per heavy atom. The van der Waals surface area contributed by atoms with Crippen molar-refractivity contribution in [3.05, 3.63) is 23.2 Å². The Morgan fingerprint density at radius 1 is 1.42 bits per heavy atom. The number of hydrogen-bond donors (Lipinski definition) is 1. The van der Waals surface area contributed by atoms with E-state index in [9.17, 15) is 0 Å². The number of ether oxygens (including phenoxy) is 1. The number of halogens is 1. The van der Waals surface area contributed by atoms with Crippen LogP contribution in [0.15, 0.2) is 18.2 Å². The second kappa shape index (κ2) is 6.02. The maximum atomic E-state index is 6.25. The molecule has 0 aliphatic carbocycles. The minimum absolute atomic E-state index is 0.496. The molecule has 1 fully saturated rings. The molecule has 1 aromatic rings. The predicted molar refractivity (Wildman–Crippen MR) is 81.4 cm³/mol. The van der Waals surface area contributed by atoms with Crippen molar-refractivity contribution >= 4 is 17.3 Å². The summed E-state index contributed by atoms with van der Waals surface area (Å²) in [5, 5.41) is 4.23. The maximum absolute atomic E-state index is 6.25. The van der Waals surface area contributed by atoms with E-state index in [0.717, 1.165) is 18.8 Å². The van der Waals surface area contributed by atoms with Crippen molar-refractivity contribution in [3.63, 3.8) is 0 Å². The molecule has 0 spiro atoms. The average molecular weight is 283 g/mol. The molecule has 2 atom stereocenters. The highest BCUT2D eigenvalue weighted by molar-refractivity contribution is 6.32. The third kappa shape index (κ3) is 3.15. The van der Waals surface area contributed by atoms with Crippen molar-refractivity contribution in [1.82, 2.24) is 5.32 Å². The van der Waals surface area contributed by atoms with Crippen LogP contribution in [-0.4, -0.2) is 32.3 Å². The summed E-state index contributed by atoms with van der Waals surface area (Å²) >= 11 is 6.25. The van der Waals surface area contributed by atoms with E-state index in [2.05, 4.69) is 37.1 Å². The molecule has 1 aliphatic rings. The fourth-order valence-corrected chi connectivity index (χ4v) is 2.91. The molecule has 0 amide bonds. The van der Waals surface area contributed by atoms with Gasteiger partial charge in [-0.3, -0.25) is 0 Å². The van der Waals surface area contributed by atoms with Crippen molar-refractivity contribution < 1.29 is 4.74 Å². The average Bonchev–Trinajstić information content (AvgIpc) is 2.38. The molecular formula is C15H23ClN2O. The fraction of sp³-hybridized carbons (Fsp3) is 0.600. The summed E-state index contributed by atoms with van der Waals surface area (Å²) in [5.41, 5.74) is 1.18. The largest absolute Gasteiger partial charge is 0.495 e. The zero-order chi connectivity index (χ0) is 14.0. The van der Waals surface area contributed by atoms with Crippen LogP contribution < -0.4 is 15.0 Å². The normalized spacial score (nSPS) is 23.8. The summed E-state index contributed by atoms with van der Waals surface area (Å²) in [4.78, 5) is 2.46. The van der Waals surface area contributed by atoms with E-state index in [1.54, 1.807) is 7.11 Å². The van der Waals surface area contributed by atoms with Crippen molar-refractivity contribution in [2.24, 2.45) is 5.92 Å². The zero-order valence-electron chi connectivity index (χ0n) is 12.1. The van der Waals surface area contributed by atoms with Gasteiger partial charge in [-0.05, 0) is 31.0 Å².